The summed E-state index contributed by atoms with van der Waals surface area (Å²) < 4.78 is 20.9. The maximum absolute atomic E-state index is 11.1. The molecular weight excluding hydrogens is 588 g/mol. The number of halogens is 1. The molecular formula is C36H47ClN4O4. The molecule has 45 heavy (non-hydrogen) atoms. The second kappa shape index (κ2) is 16.7. The van der Waals surface area contributed by atoms with Crippen LogP contribution < -0.4 is 19.5 Å². The van der Waals surface area contributed by atoms with Gasteiger partial charge in [0.2, 0.25) is 0 Å². The molecule has 0 radical (unpaired) electrons. The van der Waals surface area contributed by atoms with Crippen molar-refractivity contribution in [2.45, 2.75) is 58.9 Å². The lowest BCUT2D eigenvalue weighted by molar-refractivity contribution is 0.237. The third kappa shape index (κ3) is 9.06. The molecule has 1 fully saturated rings. The summed E-state index contributed by atoms with van der Waals surface area (Å²) in [5.74, 6) is 3.00. The van der Waals surface area contributed by atoms with Crippen LogP contribution in [0.3, 0.4) is 0 Å². The number of nitrogens with one attached hydrogen (secondary N) is 1. The zero-order valence-electron chi connectivity index (χ0n) is 26.7. The third-order valence-corrected chi connectivity index (χ3v) is 8.44. The average Bonchev–Trinajstić information content (AvgIpc) is 3.69. The van der Waals surface area contributed by atoms with Crippen molar-refractivity contribution in [1.29, 1.82) is 0 Å². The molecule has 5 rings (SSSR count). The van der Waals surface area contributed by atoms with E-state index >= 15 is 0 Å². The summed E-state index contributed by atoms with van der Waals surface area (Å²) in [6, 6.07) is 17.5. The van der Waals surface area contributed by atoms with Gasteiger partial charge >= 0.3 is 0 Å². The molecule has 0 saturated carbocycles. The standard InChI is InChI=1S/C36H47ClN4O4/c1-3-5-19-41-32-24-30(43-21-8-16-38-4-2)25-33(42)35(32)39-36(41)31-14-13-29(44-22-15-27-9-11-28(37)12-10-27)26-34(31)45-23-20-40-17-6-7-18-40/h9-14,24-26,38,42H,3-8,15-23H2,1-2H3. The number of phenolic OH excluding ortho intramolecular Hbond substituents is 1. The minimum atomic E-state index is 0.115. The number of likely N-dealkylation sites (tertiary alicyclic amines) is 1. The molecule has 1 aliphatic rings. The summed E-state index contributed by atoms with van der Waals surface area (Å²) in [6.45, 7) is 11.7. The van der Waals surface area contributed by atoms with Gasteiger partial charge in [-0.15, -0.1) is 0 Å². The molecule has 1 saturated heterocycles. The quantitative estimate of drug-likeness (QED) is 0.111. The van der Waals surface area contributed by atoms with E-state index in [1.165, 1.54) is 18.4 Å². The summed E-state index contributed by atoms with van der Waals surface area (Å²) >= 11 is 6.05. The Morgan fingerprint density at radius 2 is 1.67 bits per heavy atom. The molecule has 9 heteroatoms. The van der Waals surface area contributed by atoms with E-state index in [4.69, 9.17) is 30.8 Å². The number of ether oxygens (including phenoxy) is 3. The number of hydrogen-bond donors (Lipinski definition) is 2. The molecule has 242 valence electrons. The van der Waals surface area contributed by atoms with Gasteiger partial charge in [0.15, 0.2) is 0 Å². The van der Waals surface area contributed by atoms with Crippen LogP contribution in [0.25, 0.3) is 22.4 Å². The molecule has 0 spiro atoms. The van der Waals surface area contributed by atoms with Crippen LogP contribution in [-0.2, 0) is 13.0 Å². The molecule has 8 nitrogen and oxygen atoms in total. The number of imidazole rings is 1. The Labute approximate surface area is 272 Å². The number of unbranched alkanes of at least 4 members (excludes halogenated alkanes) is 1. The largest absolute Gasteiger partial charge is 0.505 e. The predicted molar refractivity (Wildman–Crippen MR) is 182 cm³/mol. The molecule has 1 aliphatic heterocycles. The second-order valence-corrected chi connectivity index (χ2v) is 12.0. The van der Waals surface area contributed by atoms with Gasteiger partial charge in [0.05, 0.1) is 24.3 Å². The van der Waals surface area contributed by atoms with E-state index in [1.54, 1.807) is 6.07 Å². The van der Waals surface area contributed by atoms with Gasteiger partial charge in [-0.1, -0.05) is 44.0 Å². The predicted octanol–water partition coefficient (Wildman–Crippen LogP) is 7.34. The van der Waals surface area contributed by atoms with Crippen molar-refractivity contribution in [3.8, 4) is 34.4 Å². The molecule has 3 aromatic carbocycles. The van der Waals surface area contributed by atoms with Crippen LogP contribution in [-0.4, -0.2) is 72.1 Å². The van der Waals surface area contributed by atoms with Gasteiger partial charge < -0.3 is 29.2 Å². The van der Waals surface area contributed by atoms with Crippen molar-refractivity contribution in [3.05, 3.63) is 65.2 Å². The average molecular weight is 635 g/mol. The summed E-state index contributed by atoms with van der Waals surface area (Å²) in [6.07, 6.45) is 6.16. The fourth-order valence-corrected chi connectivity index (χ4v) is 5.83. The molecule has 2 N–H and O–H groups in total. The highest BCUT2D eigenvalue weighted by Gasteiger charge is 2.21. The minimum Gasteiger partial charge on any atom is -0.505 e. The van der Waals surface area contributed by atoms with Gasteiger partial charge in [-0.3, -0.25) is 4.90 Å². The highest BCUT2D eigenvalue weighted by molar-refractivity contribution is 6.30. The van der Waals surface area contributed by atoms with Crippen LogP contribution >= 0.6 is 11.6 Å². The summed E-state index contributed by atoms with van der Waals surface area (Å²) in [5, 5.41) is 15.1. The highest BCUT2D eigenvalue weighted by Crippen LogP contribution is 2.38. The van der Waals surface area contributed by atoms with Crippen molar-refractivity contribution >= 4 is 22.6 Å². The molecule has 2 heterocycles. The lowest BCUT2D eigenvalue weighted by atomic mass is 10.1. The van der Waals surface area contributed by atoms with Crippen LogP contribution in [0.15, 0.2) is 54.6 Å². The van der Waals surface area contributed by atoms with E-state index in [1.807, 2.05) is 48.5 Å². The molecule has 4 aromatic rings. The number of nitrogens with zero attached hydrogens (tertiary/aromatic N) is 3. The van der Waals surface area contributed by atoms with Gasteiger partial charge in [0.25, 0.3) is 0 Å². The number of fused-ring (bicyclic) bond motifs is 1. The van der Waals surface area contributed by atoms with E-state index in [0.29, 0.717) is 31.1 Å². The fourth-order valence-electron chi connectivity index (χ4n) is 5.70. The Balaban J connectivity index is 1.42. The van der Waals surface area contributed by atoms with E-state index in [-0.39, 0.29) is 5.75 Å². The zero-order chi connectivity index (χ0) is 31.4. The number of aromatic nitrogens is 2. The Bertz CT molecular complexity index is 1500. The van der Waals surface area contributed by atoms with Gasteiger partial charge in [0, 0.05) is 42.7 Å². The number of phenols is 1. The smallest absolute Gasteiger partial charge is 0.147 e. The van der Waals surface area contributed by atoms with E-state index in [9.17, 15) is 5.11 Å². The lowest BCUT2D eigenvalue weighted by Crippen LogP contribution is -2.25. The fraction of sp³-hybridized carbons (Fsp3) is 0.472. The number of aromatic hydroxyl groups is 1. The topological polar surface area (TPSA) is 81.0 Å². The molecule has 1 aromatic heterocycles. The molecule has 0 unspecified atom stereocenters. The van der Waals surface area contributed by atoms with Crippen molar-refractivity contribution in [2.75, 3.05) is 52.5 Å². The van der Waals surface area contributed by atoms with Crippen LogP contribution in [0, 0.1) is 0 Å². The second-order valence-electron chi connectivity index (χ2n) is 11.6. The Morgan fingerprint density at radius 1 is 0.867 bits per heavy atom. The maximum atomic E-state index is 11.1. The van der Waals surface area contributed by atoms with Gasteiger partial charge in [-0.25, -0.2) is 4.98 Å². The Hall–Kier alpha value is -3.46. The maximum Gasteiger partial charge on any atom is 0.147 e. The Morgan fingerprint density at radius 3 is 2.44 bits per heavy atom. The number of hydrogen-bond acceptors (Lipinski definition) is 7. The van der Waals surface area contributed by atoms with Gasteiger partial charge in [-0.05, 0) is 81.7 Å². The van der Waals surface area contributed by atoms with Crippen molar-refractivity contribution in [3.63, 3.8) is 0 Å². The van der Waals surface area contributed by atoms with Crippen LogP contribution in [0.2, 0.25) is 5.02 Å². The first-order valence-corrected chi connectivity index (χ1v) is 16.9. The SMILES string of the molecule is CCCCn1c(-c2ccc(OCCc3ccc(Cl)cc3)cc2OCCN2CCCC2)nc2c(O)cc(OCCCNCC)cc21. The zero-order valence-corrected chi connectivity index (χ0v) is 27.5. The monoisotopic (exact) mass is 634 g/mol. The van der Waals surface area contributed by atoms with E-state index < -0.39 is 0 Å². The molecule has 0 atom stereocenters. The minimum absolute atomic E-state index is 0.115. The van der Waals surface area contributed by atoms with Crippen LogP contribution in [0.1, 0.15) is 51.5 Å². The molecule has 0 bridgehead atoms. The van der Waals surface area contributed by atoms with Crippen LogP contribution in [0.4, 0.5) is 0 Å². The number of aryl methyl sites for hydroxylation is 1. The first kappa shape index (κ1) is 32.9. The first-order valence-electron chi connectivity index (χ1n) is 16.5. The van der Waals surface area contributed by atoms with E-state index in [0.717, 1.165) is 98.4 Å². The van der Waals surface area contributed by atoms with Gasteiger partial charge in [-0.2, -0.15) is 0 Å². The summed E-state index contributed by atoms with van der Waals surface area (Å²) in [5.41, 5.74) is 3.46. The first-order chi connectivity index (χ1) is 22.1. The lowest BCUT2D eigenvalue weighted by Gasteiger charge is -2.18. The number of benzene rings is 3. The van der Waals surface area contributed by atoms with Crippen LogP contribution in [0.5, 0.6) is 23.0 Å². The van der Waals surface area contributed by atoms with Crippen molar-refractivity contribution in [1.82, 2.24) is 19.8 Å². The highest BCUT2D eigenvalue weighted by atomic mass is 35.5. The van der Waals surface area contributed by atoms with Crippen molar-refractivity contribution < 1.29 is 19.3 Å². The third-order valence-electron chi connectivity index (χ3n) is 8.19. The summed E-state index contributed by atoms with van der Waals surface area (Å²) in [7, 11) is 0. The van der Waals surface area contributed by atoms with Gasteiger partial charge in [0.1, 0.15) is 40.9 Å². The van der Waals surface area contributed by atoms with Crippen molar-refractivity contribution in [2.24, 2.45) is 0 Å². The van der Waals surface area contributed by atoms with E-state index in [2.05, 4.69) is 28.6 Å². The summed E-state index contributed by atoms with van der Waals surface area (Å²) in [4.78, 5) is 7.43. The number of rotatable bonds is 18. The Kier molecular flexibility index (Phi) is 12.2. The molecule has 0 aliphatic carbocycles. The normalized spacial score (nSPS) is 13.5. The molecule has 0 amide bonds.